The van der Waals surface area contributed by atoms with E-state index in [9.17, 15) is 8.42 Å². The summed E-state index contributed by atoms with van der Waals surface area (Å²) in [6.45, 7) is 3.02. The van der Waals surface area contributed by atoms with Crippen molar-refractivity contribution in [1.82, 2.24) is 24.8 Å². The van der Waals surface area contributed by atoms with Gasteiger partial charge >= 0.3 is 0 Å². The summed E-state index contributed by atoms with van der Waals surface area (Å²) in [6.07, 6.45) is 5.28. The number of thiazole rings is 1. The molecule has 0 aliphatic rings. The Labute approximate surface area is 194 Å². The molecule has 1 N–H and O–H groups in total. The molecule has 2 aromatic carbocycles. The zero-order valence-corrected chi connectivity index (χ0v) is 19.7. The second-order valence-electron chi connectivity index (χ2n) is 7.77. The highest BCUT2D eigenvalue weighted by Gasteiger charge is 2.12. The molecule has 0 radical (unpaired) electrons. The summed E-state index contributed by atoms with van der Waals surface area (Å²) in [5.41, 5.74) is 3.70. The van der Waals surface area contributed by atoms with Gasteiger partial charge in [0.15, 0.2) is 14.8 Å². The van der Waals surface area contributed by atoms with Gasteiger partial charge in [0.1, 0.15) is 0 Å². The average molecular weight is 480 g/mol. The Morgan fingerprint density at radius 1 is 1.03 bits per heavy atom. The van der Waals surface area contributed by atoms with E-state index in [1.54, 1.807) is 35.6 Å². The van der Waals surface area contributed by atoms with Crippen molar-refractivity contribution < 1.29 is 12.9 Å². The van der Waals surface area contributed by atoms with Crippen LogP contribution in [0.1, 0.15) is 16.3 Å². The van der Waals surface area contributed by atoms with Gasteiger partial charge in [0.2, 0.25) is 11.7 Å². The average Bonchev–Trinajstić information content (AvgIpc) is 3.49. The Hall–Kier alpha value is -3.34. The monoisotopic (exact) mass is 479 g/mol. The molecule has 5 rings (SSSR count). The zero-order chi connectivity index (χ0) is 23.0. The molecule has 168 valence electrons. The molecule has 0 saturated carbocycles. The van der Waals surface area contributed by atoms with E-state index in [4.69, 9.17) is 9.51 Å². The van der Waals surface area contributed by atoms with Gasteiger partial charge in [-0.1, -0.05) is 35.5 Å². The van der Waals surface area contributed by atoms with Gasteiger partial charge in [0, 0.05) is 41.2 Å². The van der Waals surface area contributed by atoms with Crippen LogP contribution in [-0.2, 0) is 22.9 Å². The molecule has 3 aromatic heterocycles. The first-order valence-electron chi connectivity index (χ1n) is 10.2. The Balaban J connectivity index is 1.25. The summed E-state index contributed by atoms with van der Waals surface area (Å²) in [5.74, 6) is 0.990. The summed E-state index contributed by atoms with van der Waals surface area (Å²) < 4.78 is 30.5. The molecule has 0 fully saturated rings. The summed E-state index contributed by atoms with van der Waals surface area (Å²) >= 11 is 1.66. The molecule has 5 aromatic rings. The van der Waals surface area contributed by atoms with Crippen molar-refractivity contribution in [2.24, 2.45) is 0 Å². The highest BCUT2D eigenvalue weighted by molar-refractivity contribution is 7.90. The fraction of sp³-hybridized carbons (Fsp3) is 0.174. The molecule has 3 heterocycles. The van der Waals surface area contributed by atoms with Gasteiger partial charge in [-0.15, -0.1) is 11.3 Å². The first-order valence-corrected chi connectivity index (χ1v) is 12.9. The third-order valence-corrected chi connectivity index (χ3v) is 7.15. The fourth-order valence-corrected chi connectivity index (χ4v) is 4.92. The largest absolute Gasteiger partial charge is 0.338 e. The Kier molecular flexibility index (Phi) is 5.57. The van der Waals surface area contributed by atoms with Crippen molar-refractivity contribution in [1.29, 1.82) is 0 Å². The lowest BCUT2D eigenvalue weighted by Crippen LogP contribution is -2.13. The van der Waals surface area contributed by atoms with Crippen molar-refractivity contribution in [3.05, 3.63) is 77.3 Å². The molecular formula is C23H21N5O3S2. The van der Waals surface area contributed by atoms with E-state index in [0.29, 0.717) is 29.7 Å². The minimum Gasteiger partial charge on any atom is -0.338 e. The fourth-order valence-electron chi connectivity index (χ4n) is 3.48. The SMILES string of the molecule is Cc1cn2cc(-c3cccc(-c4noc(CNCc5ccc(S(C)(=O)=O)cc5)n4)c3)nc2s1. The maximum atomic E-state index is 11.6. The van der Waals surface area contributed by atoms with Crippen LogP contribution in [0.4, 0.5) is 0 Å². The predicted molar refractivity (Wildman–Crippen MR) is 127 cm³/mol. The van der Waals surface area contributed by atoms with Crippen LogP contribution in [-0.4, -0.2) is 34.2 Å². The number of aromatic nitrogens is 4. The Bertz CT molecular complexity index is 1500. The summed E-state index contributed by atoms with van der Waals surface area (Å²) in [5, 5.41) is 7.35. The normalized spacial score (nSPS) is 11.9. The zero-order valence-electron chi connectivity index (χ0n) is 18.0. The van der Waals surface area contributed by atoms with Crippen LogP contribution in [0, 0.1) is 6.92 Å². The number of hydrogen-bond acceptors (Lipinski definition) is 8. The van der Waals surface area contributed by atoms with Crippen LogP contribution in [0.15, 0.2) is 70.3 Å². The van der Waals surface area contributed by atoms with Gasteiger partial charge in [-0.05, 0) is 30.7 Å². The third kappa shape index (κ3) is 4.72. The lowest BCUT2D eigenvalue weighted by atomic mass is 10.1. The molecular weight excluding hydrogens is 458 g/mol. The number of fused-ring (bicyclic) bond motifs is 1. The molecule has 0 saturated heterocycles. The topological polar surface area (TPSA) is 102 Å². The molecule has 0 amide bonds. The molecule has 0 spiro atoms. The lowest BCUT2D eigenvalue weighted by Gasteiger charge is -2.03. The molecule has 8 nitrogen and oxygen atoms in total. The maximum Gasteiger partial charge on any atom is 0.240 e. The minimum atomic E-state index is -3.19. The molecule has 0 bridgehead atoms. The summed E-state index contributed by atoms with van der Waals surface area (Å²) in [7, 11) is -3.19. The Morgan fingerprint density at radius 3 is 2.58 bits per heavy atom. The van der Waals surface area contributed by atoms with Gasteiger partial charge in [-0.3, -0.25) is 4.40 Å². The predicted octanol–water partition coefficient (Wildman–Crippen LogP) is 4.11. The van der Waals surface area contributed by atoms with E-state index in [0.717, 1.165) is 27.3 Å². The number of imidazole rings is 1. The quantitative estimate of drug-likeness (QED) is 0.375. The van der Waals surface area contributed by atoms with Crippen molar-refractivity contribution in [2.75, 3.05) is 6.26 Å². The van der Waals surface area contributed by atoms with E-state index in [2.05, 4.69) is 28.6 Å². The van der Waals surface area contributed by atoms with E-state index in [-0.39, 0.29) is 0 Å². The first kappa shape index (κ1) is 21.5. The minimum absolute atomic E-state index is 0.306. The number of nitrogens with one attached hydrogen (secondary N) is 1. The first-order chi connectivity index (χ1) is 15.8. The van der Waals surface area contributed by atoms with Crippen LogP contribution in [0.2, 0.25) is 0 Å². The van der Waals surface area contributed by atoms with Crippen LogP contribution in [0.5, 0.6) is 0 Å². The van der Waals surface area contributed by atoms with Crippen LogP contribution in [0.3, 0.4) is 0 Å². The summed E-state index contributed by atoms with van der Waals surface area (Å²) in [6, 6.07) is 14.7. The van der Waals surface area contributed by atoms with E-state index < -0.39 is 9.84 Å². The highest BCUT2D eigenvalue weighted by Crippen LogP contribution is 2.27. The molecule has 10 heteroatoms. The molecule has 0 aliphatic heterocycles. The number of nitrogens with zero attached hydrogens (tertiary/aromatic N) is 4. The number of hydrogen-bond donors (Lipinski definition) is 1. The third-order valence-electron chi connectivity index (χ3n) is 5.11. The van der Waals surface area contributed by atoms with Crippen molar-refractivity contribution in [2.45, 2.75) is 24.9 Å². The van der Waals surface area contributed by atoms with Gasteiger partial charge in [-0.25, -0.2) is 13.4 Å². The lowest BCUT2D eigenvalue weighted by molar-refractivity contribution is 0.367. The van der Waals surface area contributed by atoms with Crippen LogP contribution in [0.25, 0.3) is 27.6 Å². The molecule has 0 unspecified atom stereocenters. The van der Waals surface area contributed by atoms with Crippen molar-refractivity contribution in [3.63, 3.8) is 0 Å². The maximum absolute atomic E-state index is 11.6. The number of aryl methyl sites for hydroxylation is 1. The number of benzene rings is 2. The molecule has 0 atom stereocenters. The molecule has 0 aliphatic carbocycles. The van der Waals surface area contributed by atoms with Crippen LogP contribution >= 0.6 is 11.3 Å². The summed E-state index contributed by atoms with van der Waals surface area (Å²) in [4.78, 5) is 11.7. The Morgan fingerprint density at radius 2 is 1.82 bits per heavy atom. The second-order valence-corrected chi connectivity index (χ2v) is 11.0. The van der Waals surface area contributed by atoms with E-state index in [1.165, 1.54) is 11.1 Å². The van der Waals surface area contributed by atoms with Crippen LogP contribution < -0.4 is 5.32 Å². The smallest absolute Gasteiger partial charge is 0.240 e. The second kappa shape index (κ2) is 8.54. The van der Waals surface area contributed by atoms with Gasteiger partial charge in [0.05, 0.1) is 17.1 Å². The number of rotatable bonds is 7. The number of sulfone groups is 1. The van der Waals surface area contributed by atoms with E-state index in [1.807, 2.05) is 34.9 Å². The van der Waals surface area contributed by atoms with Crippen molar-refractivity contribution in [3.8, 4) is 22.6 Å². The van der Waals surface area contributed by atoms with Crippen molar-refractivity contribution >= 4 is 26.1 Å². The van der Waals surface area contributed by atoms with Gasteiger partial charge in [-0.2, -0.15) is 4.98 Å². The standard InChI is InChI=1S/C23H21N5O3S2/c1-15-13-28-14-20(25-23(28)32-15)17-4-3-5-18(10-17)22-26-21(31-27-22)12-24-11-16-6-8-19(9-7-16)33(2,29)30/h3-10,13-14,24H,11-12H2,1-2H3. The highest BCUT2D eigenvalue weighted by atomic mass is 32.2. The van der Waals surface area contributed by atoms with Gasteiger partial charge in [0.25, 0.3) is 0 Å². The molecule has 33 heavy (non-hydrogen) atoms. The van der Waals surface area contributed by atoms with E-state index >= 15 is 0 Å². The van der Waals surface area contributed by atoms with Gasteiger partial charge < -0.3 is 9.84 Å².